The van der Waals surface area contributed by atoms with E-state index in [9.17, 15) is 0 Å². The standard InChI is InChI=1S/C16H27N3O/c1-3-19(13-15-6-8-17-9-7-15)14(2)11-18-12-16-5-4-10-20-16/h6-9,14,16,18H,3-5,10-13H2,1-2H3. The highest BCUT2D eigenvalue weighted by Crippen LogP contribution is 2.11. The lowest BCUT2D eigenvalue weighted by Crippen LogP contribution is -2.41. The summed E-state index contributed by atoms with van der Waals surface area (Å²) in [7, 11) is 0. The molecule has 1 aromatic heterocycles. The maximum atomic E-state index is 5.63. The third-order valence-corrected chi connectivity index (χ3v) is 4.00. The first-order valence-corrected chi connectivity index (χ1v) is 7.75. The monoisotopic (exact) mass is 277 g/mol. The molecule has 4 heteroatoms. The van der Waals surface area contributed by atoms with Crippen molar-refractivity contribution in [1.82, 2.24) is 15.2 Å². The third kappa shape index (κ3) is 4.85. The number of pyridine rings is 1. The predicted molar refractivity (Wildman–Crippen MR) is 81.6 cm³/mol. The second kappa shape index (κ2) is 8.35. The van der Waals surface area contributed by atoms with Crippen molar-refractivity contribution in [3.63, 3.8) is 0 Å². The van der Waals surface area contributed by atoms with Crippen molar-refractivity contribution >= 4 is 0 Å². The average molecular weight is 277 g/mol. The van der Waals surface area contributed by atoms with E-state index in [-0.39, 0.29) is 0 Å². The molecule has 1 saturated heterocycles. The molecule has 2 unspecified atom stereocenters. The van der Waals surface area contributed by atoms with Gasteiger partial charge in [-0.1, -0.05) is 6.92 Å². The molecule has 0 saturated carbocycles. The van der Waals surface area contributed by atoms with E-state index in [4.69, 9.17) is 4.74 Å². The fourth-order valence-electron chi connectivity index (χ4n) is 2.69. The van der Waals surface area contributed by atoms with Gasteiger partial charge in [-0.2, -0.15) is 0 Å². The van der Waals surface area contributed by atoms with Crippen LogP contribution in [0.15, 0.2) is 24.5 Å². The van der Waals surface area contributed by atoms with Gasteiger partial charge in [0, 0.05) is 44.7 Å². The Morgan fingerprint density at radius 2 is 2.25 bits per heavy atom. The van der Waals surface area contributed by atoms with Gasteiger partial charge in [-0.05, 0) is 44.0 Å². The van der Waals surface area contributed by atoms with Crippen LogP contribution in [0.25, 0.3) is 0 Å². The molecule has 0 aliphatic carbocycles. The quantitative estimate of drug-likeness (QED) is 0.789. The van der Waals surface area contributed by atoms with Crippen LogP contribution in [0.1, 0.15) is 32.3 Å². The number of ether oxygens (including phenoxy) is 1. The van der Waals surface area contributed by atoms with Crippen LogP contribution < -0.4 is 5.32 Å². The van der Waals surface area contributed by atoms with Gasteiger partial charge in [0.15, 0.2) is 0 Å². The normalized spacial score (nSPS) is 20.4. The van der Waals surface area contributed by atoms with Gasteiger partial charge in [0.1, 0.15) is 0 Å². The van der Waals surface area contributed by atoms with Gasteiger partial charge in [-0.15, -0.1) is 0 Å². The third-order valence-electron chi connectivity index (χ3n) is 4.00. The first-order valence-electron chi connectivity index (χ1n) is 7.75. The molecule has 0 aromatic carbocycles. The van der Waals surface area contributed by atoms with E-state index < -0.39 is 0 Å². The summed E-state index contributed by atoms with van der Waals surface area (Å²) in [6, 6.07) is 4.71. The van der Waals surface area contributed by atoms with Crippen molar-refractivity contribution in [2.75, 3.05) is 26.2 Å². The second-order valence-corrected chi connectivity index (χ2v) is 5.56. The van der Waals surface area contributed by atoms with Crippen molar-refractivity contribution in [3.05, 3.63) is 30.1 Å². The first-order chi connectivity index (χ1) is 9.79. The Labute approximate surface area is 122 Å². The number of nitrogens with one attached hydrogen (secondary N) is 1. The Hall–Kier alpha value is -0.970. The van der Waals surface area contributed by atoms with Crippen LogP contribution in [-0.4, -0.2) is 48.3 Å². The summed E-state index contributed by atoms with van der Waals surface area (Å²) in [6.45, 7) is 9.48. The van der Waals surface area contributed by atoms with Crippen molar-refractivity contribution in [3.8, 4) is 0 Å². The van der Waals surface area contributed by atoms with Gasteiger partial charge in [-0.3, -0.25) is 9.88 Å². The molecule has 1 fully saturated rings. The topological polar surface area (TPSA) is 37.4 Å². The maximum absolute atomic E-state index is 5.63. The van der Waals surface area contributed by atoms with Crippen LogP contribution in [0.4, 0.5) is 0 Å². The van der Waals surface area contributed by atoms with E-state index in [1.807, 2.05) is 12.4 Å². The molecule has 20 heavy (non-hydrogen) atoms. The van der Waals surface area contributed by atoms with Gasteiger partial charge in [0.25, 0.3) is 0 Å². The molecule has 0 spiro atoms. The van der Waals surface area contributed by atoms with Crippen molar-refractivity contribution < 1.29 is 4.74 Å². The smallest absolute Gasteiger partial charge is 0.0700 e. The molecule has 0 bridgehead atoms. The SMILES string of the molecule is CCN(Cc1ccncc1)C(C)CNCC1CCCO1. The van der Waals surface area contributed by atoms with E-state index in [0.717, 1.165) is 32.8 Å². The number of hydrogen-bond donors (Lipinski definition) is 1. The Bertz CT molecular complexity index is 365. The minimum atomic E-state index is 0.428. The highest BCUT2D eigenvalue weighted by Gasteiger charge is 2.16. The zero-order chi connectivity index (χ0) is 14.2. The summed E-state index contributed by atoms with van der Waals surface area (Å²) in [4.78, 5) is 6.56. The fourth-order valence-corrected chi connectivity index (χ4v) is 2.69. The fraction of sp³-hybridized carbons (Fsp3) is 0.688. The highest BCUT2D eigenvalue weighted by atomic mass is 16.5. The molecule has 1 aliphatic rings. The lowest BCUT2D eigenvalue weighted by molar-refractivity contribution is 0.107. The zero-order valence-electron chi connectivity index (χ0n) is 12.7. The first kappa shape index (κ1) is 15.4. The molecular formula is C16H27N3O. The molecule has 4 nitrogen and oxygen atoms in total. The molecule has 1 N–H and O–H groups in total. The summed E-state index contributed by atoms with van der Waals surface area (Å²) in [5, 5.41) is 3.55. The van der Waals surface area contributed by atoms with E-state index in [0.29, 0.717) is 12.1 Å². The zero-order valence-corrected chi connectivity index (χ0v) is 12.7. The summed E-state index contributed by atoms with van der Waals surface area (Å²) in [5.74, 6) is 0. The number of rotatable bonds is 8. The van der Waals surface area contributed by atoms with Crippen molar-refractivity contribution in [2.45, 2.75) is 45.4 Å². The summed E-state index contributed by atoms with van der Waals surface area (Å²) >= 11 is 0. The molecule has 1 aliphatic heterocycles. The Morgan fingerprint density at radius 3 is 2.90 bits per heavy atom. The van der Waals surface area contributed by atoms with E-state index in [1.54, 1.807) is 0 Å². The van der Waals surface area contributed by atoms with Gasteiger partial charge < -0.3 is 10.1 Å². The van der Waals surface area contributed by atoms with Gasteiger partial charge in [-0.25, -0.2) is 0 Å². The number of likely N-dealkylation sites (N-methyl/N-ethyl adjacent to an activating group) is 1. The van der Waals surface area contributed by atoms with Crippen LogP contribution in [0.2, 0.25) is 0 Å². The van der Waals surface area contributed by atoms with Gasteiger partial charge >= 0.3 is 0 Å². The Balaban J connectivity index is 1.72. The molecule has 112 valence electrons. The Kier molecular flexibility index (Phi) is 6.43. The van der Waals surface area contributed by atoms with E-state index >= 15 is 0 Å². The minimum absolute atomic E-state index is 0.428. The van der Waals surface area contributed by atoms with Crippen molar-refractivity contribution in [1.29, 1.82) is 0 Å². The van der Waals surface area contributed by atoms with Crippen LogP contribution in [0.5, 0.6) is 0 Å². The average Bonchev–Trinajstić information content (AvgIpc) is 2.99. The summed E-state index contributed by atoms with van der Waals surface area (Å²) in [6.07, 6.45) is 6.58. The summed E-state index contributed by atoms with van der Waals surface area (Å²) < 4.78 is 5.63. The molecule has 2 rings (SSSR count). The highest BCUT2D eigenvalue weighted by molar-refractivity contribution is 5.09. The maximum Gasteiger partial charge on any atom is 0.0700 e. The number of hydrogen-bond acceptors (Lipinski definition) is 4. The van der Waals surface area contributed by atoms with Gasteiger partial charge in [0.05, 0.1) is 6.10 Å². The van der Waals surface area contributed by atoms with Crippen molar-refractivity contribution in [2.24, 2.45) is 0 Å². The molecular weight excluding hydrogens is 250 g/mol. The lowest BCUT2D eigenvalue weighted by atomic mass is 10.2. The van der Waals surface area contributed by atoms with Gasteiger partial charge in [0.2, 0.25) is 0 Å². The molecule has 2 heterocycles. The molecule has 0 radical (unpaired) electrons. The minimum Gasteiger partial charge on any atom is -0.377 e. The number of nitrogens with zero attached hydrogens (tertiary/aromatic N) is 2. The second-order valence-electron chi connectivity index (χ2n) is 5.56. The predicted octanol–water partition coefficient (Wildman–Crippen LogP) is 2.06. The molecule has 0 amide bonds. The molecule has 2 atom stereocenters. The lowest BCUT2D eigenvalue weighted by Gasteiger charge is -2.28. The van der Waals surface area contributed by atoms with E-state index in [2.05, 4.69) is 41.2 Å². The van der Waals surface area contributed by atoms with Crippen LogP contribution in [0, 0.1) is 0 Å². The van der Waals surface area contributed by atoms with Crippen LogP contribution in [0.3, 0.4) is 0 Å². The van der Waals surface area contributed by atoms with E-state index in [1.165, 1.54) is 18.4 Å². The van der Waals surface area contributed by atoms with Crippen LogP contribution >= 0.6 is 0 Å². The van der Waals surface area contributed by atoms with Crippen LogP contribution in [-0.2, 0) is 11.3 Å². The Morgan fingerprint density at radius 1 is 1.45 bits per heavy atom. The largest absolute Gasteiger partial charge is 0.377 e. The summed E-state index contributed by atoms with van der Waals surface area (Å²) in [5.41, 5.74) is 1.33. The number of aromatic nitrogens is 1. The molecule has 1 aromatic rings.